The van der Waals surface area contributed by atoms with Crippen LogP contribution in [0, 0.1) is 0 Å². The van der Waals surface area contributed by atoms with Crippen LogP contribution in [0.15, 0.2) is 12.4 Å². The number of carbonyl (C=O) groups excluding carboxylic acids is 1. The molecule has 0 unspecified atom stereocenters. The molecule has 0 aromatic carbocycles. The van der Waals surface area contributed by atoms with E-state index in [1.165, 1.54) is 0 Å². The molecule has 1 N–H and O–H groups in total. The quantitative estimate of drug-likeness (QED) is 0.889. The van der Waals surface area contributed by atoms with Crippen molar-refractivity contribution in [2.45, 2.75) is 58.2 Å². The van der Waals surface area contributed by atoms with Gasteiger partial charge >= 0.3 is 6.09 Å². The molecule has 1 amide bonds. The Bertz CT molecular complexity index is 545. The van der Waals surface area contributed by atoms with Crippen molar-refractivity contribution in [3.8, 4) is 5.88 Å². The molecular formula is C17H28N4O3. The lowest BCUT2D eigenvalue weighted by molar-refractivity contribution is 0.0491. The maximum atomic E-state index is 11.9. The molecule has 0 aliphatic carbocycles. The first-order valence-electron chi connectivity index (χ1n) is 8.44. The predicted molar refractivity (Wildman–Crippen MR) is 90.9 cm³/mol. The Labute approximate surface area is 143 Å². The first-order chi connectivity index (χ1) is 11.4. The largest absolute Gasteiger partial charge is 0.480 e. The fourth-order valence-corrected chi connectivity index (χ4v) is 2.84. The molecular weight excluding hydrogens is 308 g/mol. The molecule has 0 bridgehead atoms. The molecule has 1 saturated heterocycles. The average Bonchev–Trinajstić information content (AvgIpc) is 2.53. The summed E-state index contributed by atoms with van der Waals surface area (Å²) in [6.45, 7) is 7.79. The topological polar surface area (TPSA) is 76.6 Å². The molecule has 2 rings (SSSR count). The van der Waals surface area contributed by atoms with Crippen molar-refractivity contribution in [2.24, 2.45) is 0 Å². The summed E-state index contributed by atoms with van der Waals surface area (Å²) in [6.07, 6.45) is 6.28. The van der Waals surface area contributed by atoms with E-state index in [0.29, 0.717) is 19.0 Å². The van der Waals surface area contributed by atoms with Gasteiger partial charge in [0.15, 0.2) is 0 Å². The molecule has 24 heavy (non-hydrogen) atoms. The van der Waals surface area contributed by atoms with E-state index in [9.17, 15) is 4.79 Å². The zero-order valence-corrected chi connectivity index (χ0v) is 15.0. The lowest BCUT2D eigenvalue weighted by Gasteiger charge is -2.35. The number of carbonyl (C=O) groups is 1. The third-order valence-electron chi connectivity index (χ3n) is 3.91. The van der Waals surface area contributed by atoms with Crippen molar-refractivity contribution in [1.29, 1.82) is 0 Å². The number of alkyl carbamates (subject to hydrolysis) is 1. The number of piperidine rings is 1. The van der Waals surface area contributed by atoms with Crippen LogP contribution in [0.2, 0.25) is 0 Å². The highest BCUT2D eigenvalue weighted by atomic mass is 16.6. The minimum absolute atomic E-state index is 0.262. The third kappa shape index (κ3) is 5.63. The average molecular weight is 336 g/mol. The van der Waals surface area contributed by atoms with Crippen molar-refractivity contribution >= 4 is 6.09 Å². The van der Waals surface area contributed by atoms with E-state index in [2.05, 4.69) is 20.2 Å². The van der Waals surface area contributed by atoms with Crippen molar-refractivity contribution < 1.29 is 14.3 Å². The Hall–Kier alpha value is -1.89. The number of amides is 1. The molecule has 0 saturated carbocycles. The first-order valence-corrected chi connectivity index (χ1v) is 8.44. The van der Waals surface area contributed by atoms with E-state index >= 15 is 0 Å². The van der Waals surface area contributed by atoms with Crippen LogP contribution in [0.5, 0.6) is 5.88 Å². The van der Waals surface area contributed by atoms with Crippen molar-refractivity contribution in [2.75, 3.05) is 20.2 Å². The second kappa shape index (κ2) is 8.28. The first kappa shape index (κ1) is 18.4. The van der Waals surface area contributed by atoms with Gasteiger partial charge in [-0.3, -0.25) is 9.88 Å². The van der Waals surface area contributed by atoms with Gasteiger partial charge in [-0.2, -0.15) is 0 Å². The van der Waals surface area contributed by atoms with E-state index in [1.807, 2.05) is 20.8 Å². The summed E-state index contributed by atoms with van der Waals surface area (Å²) >= 11 is 0. The van der Waals surface area contributed by atoms with Gasteiger partial charge in [-0.1, -0.05) is 6.42 Å². The Morgan fingerprint density at radius 2 is 2.08 bits per heavy atom. The maximum absolute atomic E-state index is 11.9. The van der Waals surface area contributed by atoms with E-state index in [0.717, 1.165) is 31.5 Å². The van der Waals surface area contributed by atoms with Crippen LogP contribution in [0.3, 0.4) is 0 Å². The van der Waals surface area contributed by atoms with Crippen LogP contribution >= 0.6 is 0 Å². The number of methoxy groups -OCH3 is 1. The molecule has 1 aromatic heterocycles. The number of hydrogen-bond donors (Lipinski definition) is 1. The molecule has 1 aliphatic rings. The van der Waals surface area contributed by atoms with Gasteiger partial charge < -0.3 is 14.8 Å². The van der Waals surface area contributed by atoms with Crippen molar-refractivity contribution in [3.05, 3.63) is 18.1 Å². The summed E-state index contributed by atoms with van der Waals surface area (Å²) in [5, 5.41) is 2.88. The fraction of sp³-hybridized carbons (Fsp3) is 0.706. The van der Waals surface area contributed by atoms with Crippen molar-refractivity contribution in [3.63, 3.8) is 0 Å². The van der Waals surface area contributed by atoms with Gasteiger partial charge in [0.2, 0.25) is 5.88 Å². The minimum Gasteiger partial charge on any atom is -0.480 e. The summed E-state index contributed by atoms with van der Waals surface area (Å²) in [4.78, 5) is 22.8. The number of ether oxygens (including phenoxy) is 2. The van der Waals surface area contributed by atoms with Crippen LogP contribution in [0.1, 0.15) is 45.7 Å². The third-order valence-corrected chi connectivity index (χ3v) is 3.91. The lowest BCUT2D eigenvalue weighted by Crippen LogP contribution is -2.47. The fourth-order valence-electron chi connectivity index (χ4n) is 2.84. The highest BCUT2D eigenvalue weighted by molar-refractivity contribution is 5.67. The van der Waals surface area contributed by atoms with E-state index in [4.69, 9.17) is 9.47 Å². The maximum Gasteiger partial charge on any atom is 0.407 e. The zero-order chi connectivity index (χ0) is 17.6. The SMILES string of the molecule is COc1nccnc1CN1CCCC[C@@H]1CNC(=O)OC(C)(C)C. The van der Waals surface area contributed by atoms with Crippen LogP contribution in [0.25, 0.3) is 0 Å². The van der Waals surface area contributed by atoms with Gasteiger partial charge in [0.1, 0.15) is 11.3 Å². The Balaban J connectivity index is 1.94. The Morgan fingerprint density at radius 1 is 1.33 bits per heavy atom. The van der Waals surface area contributed by atoms with Crippen LogP contribution in [0.4, 0.5) is 4.79 Å². The molecule has 1 atom stereocenters. The Kier molecular flexibility index (Phi) is 6.36. The van der Waals surface area contributed by atoms with Crippen LogP contribution < -0.4 is 10.1 Å². The molecule has 7 nitrogen and oxygen atoms in total. The molecule has 1 fully saturated rings. The Morgan fingerprint density at radius 3 is 2.79 bits per heavy atom. The predicted octanol–water partition coefficient (Wildman–Crippen LogP) is 2.36. The minimum atomic E-state index is -0.483. The number of rotatable bonds is 5. The second-order valence-corrected chi connectivity index (χ2v) is 7.02. The summed E-state index contributed by atoms with van der Waals surface area (Å²) < 4.78 is 10.6. The highest BCUT2D eigenvalue weighted by Crippen LogP contribution is 2.21. The van der Waals surface area contributed by atoms with Gasteiger partial charge in [-0.15, -0.1) is 0 Å². The van der Waals surface area contributed by atoms with Gasteiger partial charge in [-0.25, -0.2) is 9.78 Å². The standard InChI is InChI=1S/C17H28N4O3/c1-17(2,3)24-16(22)20-11-13-7-5-6-10-21(13)12-14-15(23-4)19-9-8-18-14/h8-9,13H,5-7,10-12H2,1-4H3,(H,20,22)/t13-/m1/s1. The molecule has 1 aromatic rings. The van der Waals surface area contributed by atoms with Crippen LogP contribution in [-0.4, -0.2) is 52.8 Å². The molecule has 2 heterocycles. The molecule has 0 spiro atoms. The van der Waals surface area contributed by atoms with E-state index in [-0.39, 0.29) is 12.1 Å². The lowest BCUT2D eigenvalue weighted by atomic mass is 10.0. The summed E-state index contributed by atoms with van der Waals surface area (Å²) in [7, 11) is 1.60. The van der Waals surface area contributed by atoms with Crippen molar-refractivity contribution in [1.82, 2.24) is 20.2 Å². The summed E-state index contributed by atoms with van der Waals surface area (Å²) in [6, 6.07) is 0.262. The number of nitrogens with zero attached hydrogens (tertiary/aromatic N) is 3. The summed E-state index contributed by atoms with van der Waals surface area (Å²) in [5.41, 5.74) is 0.340. The zero-order valence-electron chi connectivity index (χ0n) is 15.0. The second-order valence-electron chi connectivity index (χ2n) is 7.02. The molecule has 7 heteroatoms. The number of hydrogen-bond acceptors (Lipinski definition) is 6. The number of nitrogens with one attached hydrogen (secondary N) is 1. The monoisotopic (exact) mass is 336 g/mol. The van der Waals surface area contributed by atoms with Gasteiger partial charge in [0.05, 0.1) is 7.11 Å². The smallest absolute Gasteiger partial charge is 0.407 e. The number of aromatic nitrogens is 2. The molecule has 134 valence electrons. The van der Waals surface area contributed by atoms with Gasteiger partial charge in [0.25, 0.3) is 0 Å². The number of likely N-dealkylation sites (tertiary alicyclic amines) is 1. The highest BCUT2D eigenvalue weighted by Gasteiger charge is 2.25. The van der Waals surface area contributed by atoms with Gasteiger partial charge in [-0.05, 0) is 40.2 Å². The summed E-state index contributed by atoms with van der Waals surface area (Å²) in [5.74, 6) is 0.557. The normalized spacial score (nSPS) is 18.9. The molecule has 1 aliphatic heterocycles. The molecule has 0 radical (unpaired) electrons. The van der Waals surface area contributed by atoms with E-state index < -0.39 is 5.60 Å². The van der Waals surface area contributed by atoms with Gasteiger partial charge in [0, 0.05) is 31.5 Å². The van der Waals surface area contributed by atoms with E-state index in [1.54, 1.807) is 19.5 Å². The van der Waals surface area contributed by atoms with Crippen LogP contribution in [-0.2, 0) is 11.3 Å².